The molecule has 2 aromatic carbocycles. The van der Waals surface area contributed by atoms with Crippen molar-refractivity contribution in [3.05, 3.63) is 59.4 Å². The van der Waals surface area contributed by atoms with E-state index in [0.717, 1.165) is 17.7 Å². The fourth-order valence-electron chi connectivity index (χ4n) is 1.86. The van der Waals surface area contributed by atoms with Crippen molar-refractivity contribution in [2.24, 2.45) is 0 Å². The van der Waals surface area contributed by atoms with Crippen molar-refractivity contribution in [1.82, 2.24) is 5.32 Å². The third kappa shape index (κ3) is 3.71. The summed E-state index contributed by atoms with van der Waals surface area (Å²) in [6.45, 7) is 3.64. The molecule has 0 bridgehead atoms. The van der Waals surface area contributed by atoms with Gasteiger partial charge in [0.05, 0.1) is 0 Å². The van der Waals surface area contributed by atoms with Crippen LogP contribution >= 0.6 is 0 Å². The van der Waals surface area contributed by atoms with Crippen LogP contribution in [0.5, 0.6) is 11.5 Å². The zero-order valence-corrected chi connectivity index (χ0v) is 11.4. The largest absolute Gasteiger partial charge is 0.508 e. The molecule has 2 rings (SSSR count). The predicted octanol–water partition coefficient (Wildman–Crippen LogP) is 3.22. The second-order valence-corrected chi connectivity index (χ2v) is 4.46. The maximum absolute atomic E-state index is 13.9. The summed E-state index contributed by atoms with van der Waals surface area (Å²) < 4.78 is 19.4. The molecule has 0 saturated heterocycles. The normalized spacial score (nSPS) is 10.5. The van der Waals surface area contributed by atoms with Crippen LogP contribution in [0.2, 0.25) is 0 Å². The quantitative estimate of drug-likeness (QED) is 0.850. The lowest BCUT2D eigenvalue weighted by Gasteiger charge is -2.13. The standard InChI is InChI=1S/C16H18FNO2/c1-2-18-10-13-4-3-5-15(17)16(13)20-11-12-6-8-14(19)9-7-12/h3-9,18-19H,2,10-11H2,1H3. The zero-order valence-electron chi connectivity index (χ0n) is 11.4. The minimum atomic E-state index is -0.362. The SMILES string of the molecule is CCNCc1cccc(F)c1OCc1ccc(O)cc1. The Labute approximate surface area is 118 Å². The Kier molecular flexibility index (Phi) is 4.96. The van der Waals surface area contributed by atoms with Crippen LogP contribution in [0.1, 0.15) is 18.1 Å². The fourth-order valence-corrected chi connectivity index (χ4v) is 1.86. The van der Waals surface area contributed by atoms with Gasteiger partial charge in [-0.05, 0) is 30.3 Å². The molecule has 0 radical (unpaired) electrons. The summed E-state index contributed by atoms with van der Waals surface area (Å²) in [5.41, 5.74) is 1.67. The molecule has 2 aromatic rings. The molecule has 0 aliphatic carbocycles. The number of phenolic OH excluding ortho intramolecular Hbond substituents is 1. The van der Waals surface area contributed by atoms with Crippen molar-refractivity contribution in [2.45, 2.75) is 20.1 Å². The van der Waals surface area contributed by atoms with Gasteiger partial charge in [-0.1, -0.05) is 31.2 Å². The first-order valence-electron chi connectivity index (χ1n) is 6.59. The first kappa shape index (κ1) is 14.3. The highest BCUT2D eigenvalue weighted by molar-refractivity contribution is 5.35. The molecule has 0 unspecified atom stereocenters. The van der Waals surface area contributed by atoms with Crippen molar-refractivity contribution < 1.29 is 14.2 Å². The third-order valence-electron chi connectivity index (χ3n) is 2.93. The minimum absolute atomic E-state index is 0.201. The van der Waals surface area contributed by atoms with E-state index in [4.69, 9.17) is 4.74 Å². The average Bonchev–Trinajstić information content (AvgIpc) is 2.46. The number of ether oxygens (including phenoxy) is 1. The van der Waals surface area contributed by atoms with Crippen LogP contribution in [-0.4, -0.2) is 11.7 Å². The lowest BCUT2D eigenvalue weighted by molar-refractivity contribution is 0.286. The summed E-state index contributed by atoms with van der Waals surface area (Å²) in [5, 5.41) is 12.4. The number of hydrogen-bond donors (Lipinski definition) is 2. The fraction of sp³-hybridized carbons (Fsp3) is 0.250. The zero-order chi connectivity index (χ0) is 14.4. The molecule has 3 nitrogen and oxygen atoms in total. The van der Waals surface area contributed by atoms with E-state index >= 15 is 0 Å². The maximum Gasteiger partial charge on any atom is 0.165 e. The molecule has 0 saturated carbocycles. The van der Waals surface area contributed by atoms with E-state index in [9.17, 15) is 9.50 Å². The first-order valence-corrected chi connectivity index (χ1v) is 6.59. The average molecular weight is 275 g/mol. The number of rotatable bonds is 6. The molecule has 4 heteroatoms. The summed E-state index contributed by atoms with van der Waals surface area (Å²) in [6.07, 6.45) is 0. The van der Waals surface area contributed by atoms with Crippen molar-refractivity contribution in [3.8, 4) is 11.5 Å². The molecule has 0 aromatic heterocycles. The Hall–Kier alpha value is -2.07. The summed E-state index contributed by atoms with van der Waals surface area (Å²) in [7, 11) is 0. The number of nitrogens with one attached hydrogen (secondary N) is 1. The summed E-state index contributed by atoms with van der Waals surface area (Å²) in [4.78, 5) is 0. The van der Waals surface area contributed by atoms with Crippen LogP contribution in [0.4, 0.5) is 4.39 Å². The Bertz CT molecular complexity index is 555. The predicted molar refractivity (Wildman–Crippen MR) is 76.2 cm³/mol. The molecule has 106 valence electrons. The number of phenols is 1. The molecule has 0 spiro atoms. The highest BCUT2D eigenvalue weighted by Gasteiger charge is 2.09. The van der Waals surface area contributed by atoms with E-state index in [1.165, 1.54) is 6.07 Å². The van der Waals surface area contributed by atoms with Crippen LogP contribution in [0, 0.1) is 5.82 Å². The van der Waals surface area contributed by atoms with Crippen molar-refractivity contribution in [3.63, 3.8) is 0 Å². The van der Waals surface area contributed by atoms with Gasteiger partial charge < -0.3 is 15.2 Å². The maximum atomic E-state index is 13.9. The Morgan fingerprint density at radius 2 is 1.90 bits per heavy atom. The van der Waals surface area contributed by atoms with E-state index < -0.39 is 0 Å². The molecule has 2 N–H and O–H groups in total. The van der Waals surface area contributed by atoms with E-state index in [-0.39, 0.29) is 23.9 Å². The molecule has 20 heavy (non-hydrogen) atoms. The Morgan fingerprint density at radius 1 is 1.15 bits per heavy atom. The van der Waals surface area contributed by atoms with E-state index in [0.29, 0.717) is 6.54 Å². The molecule has 0 heterocycles. The van der Waals surface area contributed by atoms with E-state index in [2.05, 4.69) is 5.32 Å². The number of benzene rings is 2. The molecule has 0 amide bonds. The van der Waals surface area contributed by atoms with Gasteiger partial charge in [-0.25, -0.2) is 4.39 Å². The van der Waals surface area contributed by atoms with E-state index in [1.807, 2.05) is 13.0 Å². The summed E-state index contributed by atoms with van der Waals surface area (Å²) in [5.74, 6) is 0.119. The van der Waals surface area contributed by atoms with Crippen molar-refractivity contribution >= 4 is 0 Å². The van der Waals surface area contributed by atoms with Gasteiger partial charge in [-0.2, -0.15) is 0 Å². The van der Waals surface area contributed by atoms with Crippen LogP contribution in [0.3, 0.4) is 0 Å². The summed E-state index contributed by atoms with van der Waals surface area (Å²) >= 11 is 0. The van der Waals surface area contributed by atoms with Gasteiger partial charge in [-0.15, -0.1) is 0 Å². The Balaban J connectivity index is 2.09. The molecular weight excluding hydrogens is 257 g/mol. The van der Waals surface area contributed by atoms with Gasteiger partial charge in [-0.3, -0.25) is 0 Å². The van der Waals surface area contributed by atoms with Gasteiger partial charge in [0.1, 0.15) is 12.4 Å². The van der Waals surface area contributed by atoms with Gasteiger partial charge >= 0.3 is 0 Å². The Morgan fingerprint density at radius 3 is 2.60 bits per heavy atom. The lowest BCUT2D eigenvalue weighted by Crippen LogP contribution is -2.13. The number of aromatic hydroxyl groups is 1. The molecular formula is C16H18FNO2. The highest BCUT2D eigenvalue weighted by Crippen LogP contribution is 2.24. The van der Waals surface area contributed by atoms with Crippen molar-refractivity contribution in [2.75, 3.05) is 6.54 Å². The van der Waals surface area contributed by atoms with Gasteiger partial charge in [0.25, 0.3) is 0 Å². The molecule has 0 atom stereocenters. The lowest BCUT2D eigenvalue weighted by atomic mass is 10.2. The second kappa shape index (κ2) is 6.91. The number of para-hydroxylation sites is 1. The second-order valence-electron chi connectivity index (χ2n) is 4.46. The molecule has 0 aliphatic rings. The van der Waals surface area contributed by atoms with Gasteiger partial charge in [0.15, 0.2) is 11.6 Å². The van der Waals surface area contributed by atoms with Gasteiger partial charge in [0.2, 0.25) is 0 Å². The van der Waals surface area contributed by atoms with Crippen LogP contribution in [0.25, 0.3) is 0 Å². The topological polar surface area (TPSA) is 41.5 Å². The van der Waals surface area contributed by atoms with Crippen molar-refractivity contribution in [1.29, 1.82) is 0 Å². The third-order valence-corrected chi connectivity index (χ3v) is 2.93. The first-order chi connectivity index (χ1) is 9.70. The summed E-state index contributed by atoms with van der Waals surface area (Å²) in [6, 6.07) is 11.6. The number of halogens is 1. The van der Waals surface area contributed by atoms with Crippen LogP contribution in [0.15, 0.2) is 42.5 Å². The monoisotopic (exact) mass is 275 g/mol. The highest BCUT2D eigenvalue weighted by atomic mass is 19.1. The van der Waals surface area contributed by atoms with Gasteiger partial charge in [0, 0.05) is 12.1 Å². The smallest absolute Gasteiger partial charge is 0.165 e. The molecule has 0 fully saturated rings. The van der Waals surface area contributed by atoms with Crippen LogP contribution < -0.4 is 10.1 Å². The number of hydrogen-bond acceptors (Lipinski definition) is 3. The minimum Gasteiger partial charge on any atom is -0.508 e. The van der Waals surface area contributed by atoms with E-state index in [1.54, 1.807) is 30.3 Å². The molecule has 0 aliphatic heterocycles. The van der Waals surface area contributed by atoms with Crippen LogP contribution in [-0.2, 0) is 13.2 Å².